The van der Waals surface area contributed by atoms with Crippen molar-refractivity contribution in [2.24, 2.45) is 5.92 Å². The van der Waals surface area contributed by atoms with E-state index in [0.717, 1.165) is 0 Å². The van der Waals surface area contributed by atoms with E-state index in [2.05, 4.69) is 16.0 Å². The van der Waals surface area contributed by atoms with E-state index in [1.165, 1.54) is 4.90 Å². The average Bonchev–Trinajstić information content (AvgIpc) is 2.48. The van der Waals surface area contributed by atoms with Crippen LogP contribution in [0.5, 0.6) is 0 Å². The maximum Gasteiger partial charge on any atom is 0.329 e. The van der Waals surface area contributed by atoms with Crippen molar-refractivity contribution in [2.75, 3.05) is 14.1 Å². The first-order valence-corrected chi connectivity index (χ1v) is 8.66. The summed E-state index contributed by atoms with van der Waals surface area (Å²) in [5.41, 5.74) is -0.664. The standard InChI is InChI=1S/C17H32N6O4/c1-10(2)13(14(26)27-17(3,4)5)20-11(24)8-9-12(25)21-15(18)22-16(19)23(6)7/h10,13H,8-9H2,1-7H3,(H,20,24)(H4,18,19,21,22,25)/t13-/m0/s1. The molecule has 0 spiro atoms. The molecule has 0 fully saturated rings. The topological polar surface area (TPSA) is 147 Å². The Morgan fingerprint density at radius 1 is 1.00 bits per heavy atom. The summed E-state index contributed by atoms with van der Waals surface area (Å²) in [5, 5.41) is 22.3. The monoisotopic (exact) mass is 384 g/mol. The molecule has 10 heteroatoms. The molecule has 0 bridgehead atoms. The van der Waals surface area contributed by atoms with E-state index in [-0.39, 0.29) is 30.7 Å². The molecule has 0 saturated carbocycles. The Kier molecular flexibility index (Phi) is 9.46. The second-order valence-electron chi connectivity index (χ2n) is 7.61. The molecule has 0 aromatic rings. The molecule has 0 aliphatic heterocycles. The number of amides is 2. The van der Waals surface area contributed by atoms with Crippen molar-refractivity contribution in [1.29, 1.82) is 10.8 Å². The Bertz CT molecular complexity index is 580. The molecule has 0 rings (SSSR count). The van der Waals surface area contributed by atoms with Gasteiger partial charge in [0.1, 0.15) is 11.6 Å². The van der Waals surface area contributed by atoms with Crippen molar-refractivity contribution in [3.8, 4) is 0 Å². The third kappa shape index (κ3) is 10.8. The molecule has 10 nitrogen and oxygen atoms in total. The zero-order valence-corrected chi connectivity index (χ0v) is 17.1. The lowest BCUT2D eigenvalue weighted by Crippen LogP contribution is -2.48. The number of esters is 1. The van der Waals surface area contributed by atoms with Crippen LogP contribution in [-0.4, -0.2) is 60.3 Å². The molecule has 0 aliphatic rings. The Balaban J connectivity index is 4.50. The first-order valence-electron chi connectivity index (χ1n) is 8.66. The van der Waals surface area contributed by atoms with Gasteiger partial charge in [-0.15, -0.1) is 0 Å². The smallest absolute Gasteiger partial charge is 0.329 e. The van der Waals surface area contributed by atoms with Crippen molar-refractivity contribution in [1.82, 2.24) is 20.9 Å². The third-order valence-electron chi connectivity index (χ3n) is 3.18. The number of carbonyl (C=O) groups is 3. The third-order valence-corrected chi connectivity index (χ3v) is 3.18. The van der Waals surface area contributed by atoms with Crippen LogP contribution in [-0.2, 0) is 19.1 Å². The van der Waals surface area contributed by atoms with E-state index in [1.807, 2.05) is 0 Å². The maximum atomic E-state index is 12.2. The lowest BCUT2D eigenvalue weighted by atomic mass is 10.0. The number of guanidine groups is 2. The molecule has 154 valence electrons. The van der Waals surface area contributed by atoms with Crippen LogP contribution in [0.1, 0.15) is 47.5 Å². The fourth-order valence-corrected chi connectivity index (χ4v) is 1.80. The van der Waals surface area contributed by atoms with Gasteiger partial charge in [-0.25, -0.2) is 4.79 Å². The predicted molar refractivity (Wildman–Crippen MR) is 102 cm³/mol. The Morgan fingerprint density at radius 3 is 1.96 bits per heavy atom. The van der Waals surface area contributed by atoms with Crippen LogP contribution < -0.4 is 16.0 Å². The minimum atomic E-state index is -0.805. The lowest BCUT2D eigenvalue weighted by molar-refractivity contribution is -0.160. The number of hydrogen-bond donors (Lipinski definition) is 5. The predicted octanol–water partition coefficient (Wildman–Crippen LogP) is 0.386. The first kappa shape index (κ1) is 24.4. The summed E-state index contributed by atoms with van der Waals surface area (Å²) in [6.45, 7) is 8.80. The van der Waals surface area contributed by atoms with Crippen molar-refractivity contribution in [3.05, 3.63) is 0 Å². The number of nitrogens with one attached hydrogen (secondary N) is 5. The van der Waals surface area contributed by atoms with E-state index >= 15 is 0 Å². The Morgan fingerprint density at radius 2 is 1.52 bits per heavy atom. The van der Waals surface area contributed by atoms with Crippen LogP contribution >= 0.6 is 0 Å². The quantitative estimate of drug-likeness (QED) is 0.254. The summed E-state index contributed by atoms with van der Waals surface area (Å²) in [6.07, 6.45) is -0.305. The zero-order valence-electron chi connectivity index (χ0n) is 17.1. The summed E-state index contributed by atoms with van der Waals surface area (Å²) in [7, 11) is 3.23. The number of ether oxygens (including phenoxy) is 1. The molecule has 0 saturated heterocycles. The van der Waals surface area contributed by atoms with E-state index in [4.69, 9.17) is 15.6 Å². The normalized spacial score (nSPS) is 12.0. The summed E-state index contributed by atoms with van der Waals surface area (Å²) in [5.74, 6) is -2.12. The molecule has 5 N–H and O–H groups in total. The average molecular weight is 384 g/mol. The zero-order chi connectivity index (χ0) is 21.4. The molecular weight excluding hydrogens is 352 g/mol. The van der Waals surface area contributed by atoms with Gasteiger partial charge < -0.3 is 15.0 Å². The van der Waals surface area contributed by atoms with E-state index in [1.54, 1.807) is 48.7 Å². The van der Waals surface area contributed by atoms with Gasteiger partial charge in [-0.05, 0) is 26.7 Å². The van der Waals surface area contributed by atoms with E-state index < -0.39 is 29.4 Å². The molecular formula is C17H32N6O4. The van der Waals surface area contributed by atoms with Gasteiger partial charge in [-0.1, -0.05) is 13.8 Å². The van der Waals surface area contributed by atoms with Gasteiger partial charge in [0.05, 0.1) is 0 Å². The molecule has 0 radical (unpaired) electrons. The second kappa shape index (κ2) is 10.5. The largest absolute Gasteiger partial charge is 0.458 e. The minimum Gasteiger partial charge on any atom is -0.458 e. The fourth-order valence-electron chi connectivity index (χ4n) is 1.80. The van der Waals surface area contributed by atoms with Gasteiger partial charge in [0, 0.05) is 26.9 Å². The molecule has 2 amide bonds. The summed E-state index contributed by atoms with van der Waals surface area (Å²) < 4.78 is 5.30. The van der Waals surface area contributed by atoms with E-state index in [0.29, 0.717) is 0 Å². The highest BCUT2D eigenvalue weighted by atomic mass is 16.6. The molecule has 0 unspecified atom stereocenters. The summed E-state index contributed by atoms with van der Waals surface area (Å²) in [4.78, 5) is 37.5. The van der Waals surface area contributed by atoms with Gasteiger partial charge in [0.25, 0.3) is 0 Å². The Labute approximate surface area is 160 Å². The van der Waals surface area contributed by atoms with Crippen molar-refractivity contribution < 1.29 is 19.1 Å². The molecule has 0 aromatic heterocycles. The van der Waals surface area contributed by atoms with Crippen molar-refractivity contribution in [3.63, 3.8) is 0 Å². The highest BCUT2D eigenvalue weighted by Gasteiger charge is 2.29. The maximum absolute atomic E-state index is 12.2. The van der Waals surface area contributed by atoms with Gasteiger partial charge in [0.15, 0.2) is 5.96 Å². The molecule has 27 heavy (non-hydrogen) atoms. The van der Waals surface area contributed by atoms with Crippen LogP contribution in [0.4, 0.5) is 0 Å². The van der Waals surface area contributed by atoms with Crippen LogP contribution in [0.15, 0.2) is 0 Å². The number of rotatable bonds is 6. The summed E-state index contributed by atoms with van der Waals surface area (Å²) in [6, 6.07) is -0.805. The highest BCUT2D eigenvalue weighted by Crippen LogP contribution is 2.12. The van der Waals surface area contributed by atoms with Crippen molar-refractivity contribution >= 4 is 29.7 Å². The Hall–Kier alpha value is -2.65. The number of hydrogen-bond acceptors (Lipinski definition) is 6. The molecule has 1 atom stereocenters. The van der Waals surface area contributed by atoms with Gasteiger partial charge in [-0.3, -0.25) is 31.0 Å². The minimum absolute atomic E-state index is 0.0600. The second-order valence-corrected chi connectivity index (χ2v) is 7.61. The number of nitrogens with zero attached hydrogens (tertiary/aromatic N) is 1. The van der Waals surface area contributed by atoms with E-state index in [9.17, 15) is 14.4 Å². The van der Waals surface area contributed by atoms with Crippen LogP contribution in [0.25, 0.3) is 0 Å². The van der Waals surface area contributed by atoms with Crippen molar-refractivity contribution in [2.45, 2.75) is 59.1 Å². The lowest BCUT2D eigenvalue weighted by Gasteiger charge is -2.26. The van der Waals surface area contributed by atoms with Crippen LogP contribution in [0, 0.1) is 16.7 Å². The first-order chi connectivity index (χ1) is 12.2. The van der Waals surface area contributed by atoms with Crippen LogP contribution in [0.2, 0.25) is 0 Å². The number of carbonyl (C=O) groups excluding carboxylic acids is 3. The van der Waals surface area contributed by atoms with Gasteiger partial charge >= 0.3 is 5.97 Å². The SMILES string of the molecule is CC(C)[C@H](NC(=O)CCC(=O)NC(=N)NC(=N)N(C)C)C(=O)OC(C)(C)C. The summed E-state index contributed by atoms with van der Waals surface area (Å²) >= 11 is 0. The highest BCUT2D eigenvalue weighted by molar-refractivity contribution is 6.03. The molecule has 0 aromatic carbocycles. The van der Waals surface area contributed by atoms with Crippen LogP contribution in [0.3, 0.4) is 0 Å². The molecule has 0 aliphatic carbocycles. The van der Waals surface area contributed by atoms with Gasteiger partial charge in [0.2, 0.25) is 17.8 Å². The van der Waals surface area contributed by atoms with Gasteiger partial charge in [-0.2, -0.15) is 0 Å². The molecule has 0 heterocycles. The fraction of sp³-hybridized carbons (Fsp3) is 0.706.